The first-order valence-corrected chi connectivity index (χ1v) is 5.36. The Bertz CT molecular complexity index is 457. The van der Waals surface area contributed by atoms with Gasteiger partial charge in [0.25, 0.3) is 0 Å². The van der Waals surface area contributed by atoms with Gasteiger partial charge in [0.1, 0.15) is 0 Å². The van der Waals surface area contributed by atoms with Gasteiger partial charge in [-0.05, 0) is 18.9 Å². The highest BCUT2D eigenvalue weighted by molar-refractivity contribution is 5.63. The molecule has 2 rings (SSSR count). The summed E-state index contributed by atoms with van der Waals surface area (Å²) in [4.78, 5) is 4.31. The van der Waals surface area contributed by atoms with E-state index in [1.165, 1.54) is 0 Å². The van der Waals surface area contributed by atoms with Crippen molar-refractivity contribution in [2.45, 2.75) is 32.6 Å². The van der Waals surface area contributed by atoms with E-state index in [2.05, 4.69) is 23.9 Å². The third kappa shape index (κ3) is 1.56. The van der Waals surface area contributed by atoms with Gasteiger partial charge in [-0.1, -0.05) is 13.8 Å². The number of nitrogen functional groups attached to an aromatic ring is 1. The summed E-state index contributed by atoms with van der Waals surface area (Å²) in [5.74, 6) is 0.509. The number of rotatable bonds is 3. The molecule has 0 bridgehead atoms. The van der Waals surface area contributed by atoms with Crippen molar-refractivity contribution >= 4 is 11.3 Å². The van der Waals surface area contributed by atoms with E-state index < -0.39 is 0 Å². The number of hydrogen-bond donors (Lipinski definition) is 1. The van der Waals surface area contributed by atoms with Crippen LogP contribution in [0.4, 0.5) is 5.69 Å². The van der Waals surface area contributed by atoms with Gasteiger partial charge < -0.3 is 5.73 Å². The minimum absolute atomic E-state index is 0.509. The Morgan fingerprint density at radius 1 is 1.40 bits per heavy atom. The topological polar surface area (TPSA) is 56.2 Å². The smallest absolute Gasteiger partial charge is 0.177 e. The number of hydrogen-bond acceptors (Lipinski definition) is 3. The van der Waals surface area contributed by atoms with Crippen molar-refractivity contribution in [2.75, 3.05) is 5.73 Å². The largest absolute Gasteiger partial charge is 0.396 e. The second-order valence-electron chi connectivity index (χ2n) is 3.72. The summed E-state index contributed by atoms with van der Waals surface area (Å²) >= 11 is 0. The molecule has 0 fully saturated rings. The molecule has 0 aliphatic heterocycles. The molecule has 0 aliphatic rings. The van der Waals surface area contributed by atoms with E-state index >= 15 is 0 Å². The van der Waals surface area contributed by atoms with Crippen LogP contribution < -0.4 is 5.73 Å². The van der Waals surface area contributed by atoms with Crippen LogP contribution in [0.2, 0.25) is 0 Å². The number of fused-ring (bicyclic) bond motifs is 1. The van der Waals surface area contributed by atoms with Crippen molar-refractivity contribution in [3.05, 3.63) is 24.2 Å². The van der Waals surface area contributed by atoms with Gasteiger partial charge in [-0.2, -0.15) is 5.10 Å². The fourth-order valence-corrected chi connectivity index (χ4v) is 1.92. The van der Waals surface area contributed by atoms with E-state index in [-0.39, 0.29) is 0 Å². The Hall–Kier alpha value is -1.58. The lowest BCUT2D eigenvalue weighted by Gasteiger charge is -2.10. The molecule has 0 saturated heterocycles. The van der Waals surface area contributed by atoms with Crippen molar-refractivity contribution in [1.29, 1.82) is 0 Å². The average Bonchev–Trinajstić information content (AvgIpc) is 2.66. The molecule has 2 aromatic rings. The summed E-state index contributed by atoms with van der Waals surface area (Å²) in [5.41, 5.74) is 8.43. The first kappa shape index (κ1) is 9.96. The molecule has 80 valence electrons. The molecular formula is C11H16N4. The summed E-state index contributed by atoms with van der Waals surface area (Å²) in [6.45, 7) is 4.36. The van der Waals surface area contributed by atoms with Crippen molar-refractivity contribution in [3.8, 4) is 0 Å². The van der Waals surface area contributed by atoms with Crippen molar-refractivity contribution in [3.63, 3.8) is 0 Å². The average molecular weight is 204 g/mol. The van der Waals surface area contributed by atoms with Gasteiger partial charge in [0.15, 0.2) is 5.65 Å². The zero-order valence-corrected chi connectivity index (χ0v) is 9.14. The molecule has 0 aromatic carbocycles. The van der Waals surface area contributed by atoms with Gasteiger partial charge in [0.05, 0.1) is 23.8 Å². The van der Waals surface area contributed by atoms with Gasteiger partial charge in [-0.15, -0.1) is 0 Å². The molecule has 0 aliphatic carbocycles. The van der Waals surface area contributed by atoms with Gasteiger partial charge in [0.2, 0.25) is 0 Å². The minimum Gasteiger partial charge on any atom is -0.396 e. The Labute approximate surface area is 89.1 Å². The van der Waals surface area contributed by atoms with Crippen LogP contribution in [0.3, 0.4) is 0 Å². The summed E-state index contributed by atoms with van der Waals surface area (Å²) in [7, 11) is 0. The van der Waals surface area contributed by atoms with Crippen LogP contribution in [0, 0.1) is 0 Å². The number of anilines is 1. The molecule has 0 saturated carbocycles. The summed E-state index contributed by atoms with van der Waals surface area (Å²) < 4.78 is 1.85. The maximum absolute atomic E-state index is 5.83. The fourth-order valence-electron chi connectivity index (χ4n) is 1.92. The van der Waals surface area contributed by atoms with Crippen LogP contribution in [0.15, 0.2) is 18.5 Å². The molecule has 2 heterocycles. The molecular weight excluding hydrogens is 188 g/mol. The third-order valence-corrected chi connectivity index (χ3v) is 2.86. The predicted molar refractivity (Wildman–Crippen MR) is 60.7 cm³/mol. The zero-order valence-electron chi connectivity index (χ0n) is 9.14. The highest BCUT2D eigenvalue weighted by Gasteiger charge is 2.14. The van der Waals surface area contributed by atoms with E-state index in [0.29, 0.717) is 11.6 Å². The molecule has 0 spiro atoms. The predicted octanol–water partition coefficient (Wildman–Crippen LogP) is 2.22. The second-order valence-corrected chi connectivity index (χ2v) is 3.72. The van der Waals surface area contributed by atoms with Gasteiger partial charge in [-0.3, -0.25) is 0 Å². The number of nitrogens with two attached hydrogens (primary N) is 1. The van der Waals surface area contributed by atoms with E-state index in [1.807, 2.05) is 10.7 Å². The molecule has 4 heteroatoms. The molecule has 0 radical (unpaired) electrons. The van der Waals surface area contributed by atoms with E-state index in [4.69, 9.17) is 5.73 Å². The molecule has 4 nitrogen and oxygen atoms in total. The van der Waals surface area contributed by atoms with Crippen molar-refractivity contribution in [2.24, 2.45) is 0 Å². The molecule has 2 aromatic heterocycles. The Balaban J connectivity index is 2.58. The maximum Gasteiger partial charge on any atom is 0.177 e. The zero-order chi connectivity index (χ0) is 10.8. The van der Waals surface area contributed by atoms with Crippen LogP contribution in [0.25, 0.3) is 5.65 Å². The van der Waals surface area contributed by atoms with Crippen molar-refractivity contribution < 1.29 is 0 Å². The first-order chi connectivity index (χ1) is 7.27. The molecule has 0 unspecified atom stereocenters. The maximum atomic E-state index is 5.83. The minimum atomic E-state index is 0.509. The molecule has 2 N–H and O–H groups in total. The molecule has 0 atom stereocenters. The Morgan fingerprint density at radius 2 is 2.13 bits per heavy atom. The summed E-state index contributed by atoms with van der Waals surface area (Å²) in [5, 5.41) is 4.29. The van der Waals surface area contributed by atoms with Gasteiger partial charge in [0, 0.05) is 5.92 Å². The van der Waals surface area contributed by atoms with E-state index in [1.54, 1.807) is 12.3 Å². The summed E-state index contributed by atoms with van der Waals surface area (Å²) in [6, 6.07) is 1.78. The second kappa shape index (κ2) is 3.88. The highest BCUT2D eigenvalue weighted by Crippen LogP contribution is 2.24. The lowest BCUT2D eigenvalue weighted by molar-refractivity contribution is 0.605. The molecule has 15 heavy (non-hydrogen) atoms. The monoisotopic (exact) mass is 204 g/mol. The first-order valence-electron chi connectivity index (χ1n) is 5.36. The standard InChI is InChI=1S/C11H16N4/c1-3-8(4-2)10-7-13-11-9(12)5-6-14-15(10)11/h5-8H,3-4,12H2,1-2H3. The number of nitrogens with zero attached hydrogens (tertiary/aromatic N) is 3. The molecule has 0 amide bonds. The quantitative estimate of drug-likeness (QED) is 0.834. The van der Waals surface area contributed by atoms with E-state index in [9.17, 15) is 0 Å². The number of aromatic nitrogens is 3. The van der Waals surface area contributed by atoms with Crippen LogP contribution in [-0.4, -0.2) is 14.6 Å². The Kier molecular flexibility index (Phi) is 2.58. The lowest BCUT2D eigenvalue weighted by Crippen LogP contribution is -2.04. The van der Waals surface area contributed by atoms with Crippen LogP contribution in [-0.2, 0) is 0 Å². The lowest BCUT2D eigenvalue weighted by atomic mass is 10.0. The normalized spacial score (nSPS) is 11.4. The SMILES string of the molecule is CCC(CC)c1cnc2c(N)ccnn12. The summed E-state index contributed by atoms with van der Waals surface area (Å²) in [6.07, 6.45) is 5.80. The van der Waals surface area contributed by atoms with Gasteiger partial charge in [-0.25, -0.2) is 9.50 Å². The van der Waals surface area contributed by atoms with Crippen LogP contribution in [0.1, 0.15) is 38.3 Å². The third-order valence-electron chi connectivity index (χ3n) is 2.86. The number of imidazole rings is 1. The Morgan fingerprint density at radius 3 is 2.80 bits per heavy atom. The van der Waals surface area contributed by atoms with Crippen LogP contribution in [0.5, 0.6) is 0 Å². The van der Waals surface area contributed by atoms with Gasteiger partial charge >= 0.3 is 0 Å². The van der Waals surface area contributed by atoms with E-state index in [0.717, 1.165) is 24.2 Å². The fraction of sp³-hybridized carbons (Fsp3) is 0.455. The van der Waals surface area contributed by atoms with Crippen molar-refractivity contribution in [1.82, 2.24) is 14.6 Å². The van der Waals surface area contributed by atoms with Crippen LogP contribution >= 0.6 is 0 Å². The highest BCUT2D eigenvalue weighted by atomic mass is 15.3.